The summed E-state index contributed by atoms with van der Waals surface area (Å²) in [4.78, 5) is 15.9. The van der Waals surface area contributed by atoms with Gasteiger partial charge in [-0.1, -0.05) is 57.7 Å². The molecule has 1 aromatic heterocycles. The molecule has 1 amide bonds. The van der Waals surface area contributed by atoms with Gasteiger partial charge in [-0.2, -0.15) is 13.2 Å². The molecule has 2 aromatic carbocycles. The lowest BCUT2D eigenvalue weighted by Crippen LogP contribution is -2.10. The van der Waals surface area contributed by atoms with Crippen LogP contribution in [0.3, 0.4) is 0 Å². The molecule has 0 aliphatic heterocycles. The zero-order chi connectivity index (χ0) is 21.4. The minimum Gasteiger partial charge on any atom is -0.322 e. The van der Waals surface area contributed by atoms with Crippen LogP contribution < -0.4 is 5.32 Å². The molecule has 29 heavy (non-hydrogen) atoms. The molecule has 6 heteroatoms. The lowest BCUT2D eigenvalue weighted by atomic mass is 9.86. The van der Waals surface area contributed by atoms with Gasteiger partial charge in [-0.3, -0.25) is 4.79 Å². The summed E-state index contributed by atoms with van der Waals surface area (Å²) in [5.41, 5.74) is 1.56. The molecule has 1 heterocycles. The predicted octanol–water partition coefficient (Wildman–Crippen LogP) is 6.34. The van der Waals surface area contributed by atoms with Crippen molar-refractivity contribution in [3.05, 3.63) is 72.3 Å². The van der Waals surface area contributed by atoms with Gasteiger partial charge in [-0.05, 0) is 35.3 Å². The number of hydrogen-bond donors (Lipinski definition) is 1. The van der Waals surface area contributed by atoms with Gasteiger partial charge < -0.3 is 5.32 Å². The van der Waals surface area contributed by atoms with E-state index in [0.717, 1.165) is 17.7 Å². The Balaban J connectivity index is 2.16. The third-order valence-electron chi connectivity index (χ3n) is 4.61. The van der Waals surface area contributed by atoms with Crippen LogP contribution in [0, 0.1) is 0 Å². The number of benzene rings is 2. The first kappa shape index (κ1) is 20.6. The van der Waals surface area contributed by atoms with Crippen LogP contribution in [0.25, 0.3) is 22.2 Å². The molecule has 3 nitrogen and oxygen atoms in total. The molecule has 0 spiro atoms. The predicted molar refractivity (Wildman–Crippen MR) is 110 cm³/mol. The highest BCUT2D eigenvalue weighted by Crippen LogP contribution is 2.37. The molecular weight excluding hydrogens is 377 g/mol. The van der Waals surface area contributed by atoms with Crippen molar-refractivity contribution in [3.63, 3.8) is 0 Å². The molecule has 0 bridgehead atoms. The van der Waals surface area contributed by atoms with Crippen molar-refractivity contribution in [2.75, 3.05) is 5.32 Å². The molecule has 0 aliphatic rings. The number of aromatic nitrogens is 1. The van der Waals surface area contributed by atoms with Gasteiger partial charge in [-0.15, -0.1) is 0 Å². The van der Waals surface area contributed by atoms with E-state index in [4.69, 9.17) is 0 Å². The second kappa shape index (κ2) is 7.35. The van der Waals surface area contributed by atoms with Crippen LogP contribution in [0.2, 0.25) is 0 Å². The number of amides is 1. The summed E-state index contributed by atoms with van der Waals surface area (Å²) >= 11 is 0. The molecule has 0 aliphatic carbocycles. The van der Waals surface area contributed by atoms with Crippen LogP contribution in [0.1, 0.15) is 31.9 Å². The SMILES string of the molecule is C=CC(=O)Nc1ccc2c(C(F)(F)F)cc(-c3ccc(C(C)(C)C)cc3)nc2c1. The zero-order valence-corrected chi connectivity index (χ0v) is 16.4. The van der Waals surface area contributed by atoms with Gasteiger partial charge in [-0.25, -0.2) is 4.98 Å². The van der Waals surface area contributed by atoms with E-state index >= 15 is 0 Å². The third-order valence-corrected chi connectivity index (χ3v) is 4.61. The van der Waals surface area contributed by atoms with Crippen molar-refractivity contribution < 1.29 is 18.0 Å². The number of nitrogens with zero attached hydrogens (tertiary/aromatic N) is 1. The van der Waals surface area contributed by atoms with Crippen LogP contribution in [0.5, 0.6) is 0 Å². The smallest absolute Gasteiger partial charge is 0.322 e. The quantitative estimate of drug-likeness (QED) is 0.523. The van der Waals surface area contributed by atoms with E-state index in [2.05, 4.69) is 37.7 Å². The second-order valence-corrected chi connectivity index (χ2v) is 7.81. The fourth-order valence-corrected chi connectivity index (χ4v) is 3.02. The van der Waals surface area contributed by atoms with E-state index in [1.807, 2.05) is 12.1 Å². The molecule has 150 valence electrons. The fourth-order valence-electron chi connectivity index (χ4n) is 3.02. The fraction of sp³-hybridized carbons (Fsp3) is 0.217. The Bertz CT molecular complexity index is 1080. The van der Waals surface area contributed by atoms with Crippen molar-refractivity contribution in [1.82, 2.24) is 4.98 Å². The molecule has 0 unspecified atom stereocenters. The minimum atomic E-state index is -4.53. The first-order valence-electron chi connectivity index (χ1n) is 9.05. The molecule has 0 radical (unpaired) electrons. The highest BCUT2D eigenvalue weighted by atomic mass is 19.4. The molecule has 1 N–H and O–H groups in total. The summed E-state index contributed by atoms with van der Waals surface area (Å²) in [6.45, 7) is 9.57. The summed E-state index contributed by atoms with van der Waals surface area (Å²) in [5.74, 6) is -0.450. The summed E-state index contributed by atoms with van der Waals surface area (Å²) in [7, 11) is 0. The van der Waals surface area contributed by atoms with Crippen LogP contribution in [0.4, 0.5) is 18.9 Å². The zero-order valence-electron chi connectivity index (χ0n) is 16.4. The number of carbonyl (C=O) groups is 1. The Morgan fingerprint density at radius 1 is 1.03 bits per heavy atom. The highest BCUT2D eigenvalue weighted by Gasteiger charge is 2.33. The first-order valence-corrected chi connectivity index (χ1v) is 9.05. The van der Waals surface area contributed by atoms with Crippen LogP contribution in [-0.2, 0) is 16.4 Å². The Morgan fingerprint density at radius 2 is 1.69 bits per heavy atom. The molecule has 3 aromatic rings. The van der Waals surface area contributed by atoms with Gasteiger partial charge in [0, 0.05) is 16.6 Å². The molecule has 3 rings (SSSR count). The number of halogens is 3. The maximum Gasteiger partial charge on any atom is 0.417 e. The maximum atomic E-state index is 13.7. The Morgan fingerprint density at radius 3 is 2.24 bits per heavy atom. The molecule has 0 saturated carbocycles. The Labute approximate surface area is 167 Å². The standard InChI is InChI=1S/C23H21F3N2O/c1-5-21(29)27-16-10-11-17-18(23(24,25)26)13-19(28-20(17)12-16)14-6-8-15(9-7-14)22(2,3)4/h5-13H,1H2,2-4H3,(H,27,29). The van der Waals surface area contributed by atoms with Crippen molar-refractivity contribution in [3.8, 4) is 11.3 Å². The first-order chi connectivity index (χ1) is 13.5. The van der Waals surface area contributed by atoms with E-state index < -0.39 is 17.6 Å². The average Bonchev–Trinajstić information content (AvgIpc) is 2.65. The second-order valence-electron chi connectivity index (χ2n) is 7.81. The van der Waals surface area contributed by atoms with Crippen LogP contribution in [-0.4, -0.2) is 10.9 Å². The van der Waals surface area contributed by atoms with Gasteiger partial charge in [0.05, 0.1) is 16.8 Å². The van der Waals surface area contributed by atoms with Crippen molar-refractivity contribution >= 4 is 22.5 Å². The van der Waals surface area contributed by atoms with Gasteiger partial charge in [0.1, 0.15) is 0 Å². The van der Waals surface area contributed by atoms with Gasteiger partial charge in [0.15, 0.2) is 0 Å². The van der Waals surface area contributed by atoms with Gasteiger partial charge in [0.2, 0.25) is 5.91 Å². The van der Waals surface area contributed by atoms with E-state index in [9.17, 15) is 18.0 Å². The number of carbonyl (C=O) groups excluding carboxylic acids is 1. The summed E-state index contributed by atoms with van der Waals surface area (Å²) < 4.78 is 41.1. The van der Waals surface area contributed by atoms with Crippen molar-refractivity contribution in [2.24, 2.45) is 0 Å². The molecule has 0 fully saturated rings. The third kappa shape index (κ3) is 4.47. The van der Waals surface area contributed by atoms with Gasteiger partial charge in [0.25, 0.3) is 0 Å². The number of rotatable bonds is 3. The maximum absolute atomic E-state index is 13.7. The van der Waals surface area contributed by atoms with Crippen molar-refractivity contribution in [2.45, 2.75) is 32.4 Å². The number of alkyl halides is 3. The van der Waals surface area contributed by atoms with E-state index in [1.165, 1.54) is 18.2 Å². The summed E-state index contributed by atoms with van der Waals surface area (Å²) in [5, 5.41) is 2.52. The lowest BCUT2D eigenvalue weighted by Gasteiger charge is -2.19. The van der Waals surface area contributed by atoms with Crippen molar-refractivity contribution in [1.29, 1.82) is 0 Å². The lowest BCUT2D eigenvalue weighted by molar-refractivity contribution is -0.136. The number of fused-ring (bicyclic) bond motifs is 1. The monoisotopic (exact) mass is 398 g/mol. The van der Waals surface area contributed by atoms with Crippen LogP contribution >= 0.6 is 0 Å². The molecule has 0 atom stereocenters. The van der Waals surface area contributed by atoms with E-state index in [0.29, 0.717) is 11.3 Å². The topological polar surface area (TPSA) is 42.0 Å². The number of nitrogens with one attached hydrogen (secondary N) is 1. The normalized spacial score (nSPS) is 12.1. The number of hydrogen-bond acceptors (Lipinski definition) is 2. The molecule has 0 saturated heterocycles. The van der Waals surface area contributed by atoms with E-state index in [-0.39, 0.29) is 22.0 Å². The molecular formula is C23H21F3N2O. The van der Waals surface area contributed by atoms with Crippen LogP contribution in [0.15, 0.2) is 61.2 Å². The average molecular weight is 398 g/mol. The van der Waals surface area contributed by atoms with E-state index in [1.54, 1.807) is 12.1 Å². The minimum absolute atomic E-state index is 0.0239. The Hall–Kier alpha value is -3.15. The highest BCUT2D eigenvalue weighted by molar-refractivity contribution is 6.00. The number of anilines is 1. The van der Waals surface area contributed by atoms with Gasteiger partial charge >= 0.3 is 6.18 Å². The summed E-state index contributed by atoms with van der Waals surface area (Å²) in [6.07, 6.45) is -3.45. The Kier molecular flexibility index (Phi) is 5.22. The number of pyridine rings is 1. The largest absolute Gasteiger partial charge is 0.417 e. The summed E-state index contributed by atoms with van der Waals surface area (Å²) in [6, 6.07) is 12.6.